The molecule has 0 unspecified atom stereocenters. The van der Waals surface area contributed by atoms with E-state index in [1.165, 1.54) is 24.9 Å². The molecule has 0 saturated carbocycles. The number of aryl methyl sites for hydroxylation is 3. The fraction of sp³-hybridized carbons (Fsp3) is 0.318. The summed E-state index contributed by atoms with van der Waals surface area (Å²) in [6, 6.07) is 3.52. The molecular weight excluding hydrogens is 402 g/mol. The second-order valence-electron chi connectivity index (χ2n) is 7.21. The Labute approximate surface area is 178 Å². The lowest BCUT2D eigenvalue weighted by Crippen LogP contribution is -2.16. The second-order valence-corrected chi connectivity index (χ2v) is 8.17. The number of hydrogen-bond acceptors (Lipinski definition) is 7. The first kappa shape index (κ1) is 21.7. The van der Waals surface area contributed by atoms with Gasteiger partial charge in [-0.1, -0.05) is 17.8 Å². The summed E-state index contributed by atoms with van der Waals surface area (Å²) in [7, 11) is 1.26. The number of rotatable bonds is 5. The molecule has 2 aromatic heterocycles. The molecule has 0 fully saturated rings. The summed E-state index contributed by atoms with van der Waals surface area (Å²) in [5.41, 5.74) is 5.20. The number of carbonyl (C=O) groups is 2. The molecular formula is C22H23N3O4S. The van der Waals surface area contributed by atoms with Gasteiger partial charge in [0.15, 0.2) is 16.6 Å². The molecule has 0 aliphatic rings. The number of H-pyrrole nitrogens is 1. The molecule has 1 aromatic carbocycles. The van der Waals surface area contributed by atoms with E-state index in [-0.39, 0.29) is 22.4 Å². The number of aromatic amines is 1. The van der Waals surface area contributed by atoms with Crippen LogP contribution in [0.15, 0.2) is 22.1 Å². The zero-order valence-electron chi connectivity index (χ0n) is 17.8. The van der Waals surface area contributed by atoms with Crippen LogP contribution < -0.4 is 5.56 Å². The summed E-state index contributed by atoms with van der Waals surface area (Å²) in [6.07, 6.45) is 0. The van der Waals surface area contributed by atoms with Gasteiger partial charge in [0, 0.05) is 17.0 Å². The summed E-state index contributed by atoms with van der Waals surface area (Å²) in [6.45, 7) is 9.17. The molecule has 156 valence electrons. The Morgan fingerprint density at radius 3 is 2.43 bits per heavy atom. The van der Waals surface area contributed by atoms with Crippen molar-refractivity contribution in [3.63, 3.8) is 0 Å². The average molecular weight is 426 g/mol. The highest BCUT2D eigenvalue weighted by Gasteiger charge is 2.19. The lowest BCUT2D eigenvalue weighted by molar-refractivity contribution is 0.0602. The molecule has 0 aliphatic carbocycles. The van der Waals surface area contributed by atoms with Crippen LogP contribution in [0.3, 0.4) is 0 Å². The Kier molecular flexibility index (Phi) is 6.07. The van der Waals surface area contributed by atoms with Crippen molar-refractivity contribution in [3.8, 4) is 0 Å². The number of fused-ring (bicyclic) bond motifs is 1. The van der Waals surface area contributed by atoms with Crippen LogP contribution in [0.1, 0.15) is 55.6 Å². The highest BCUT2D eigenvalue weighted by Crippen LogP contribution is 2.29. The van der Waals surface area contributed by atoms with Crippen LogP contribution in [-0.2, 0) is 10.5 Å². The second kappa shape index (κ2) is 8.39. The van der Waals surface area contributed by atoms with Gasteiger partial charge in [0.2, 0.25) is 0 Å². The molecule has 0 amide bonds. The van der Waals surface area contributed by atoms with E-state index in [1.54, 1.807) is 13.8 Å². The first-order valence-electron chi connectivity index (χ1n) is 9.37. The van der Waals surface area contributed by atoms with Gasteiger partial charge in [-0.3, -0.25) is 9.59 Å². The molecule has 0 spiro atoms. The highest BCUT2D eigenvalue weighted by atomic mass is 32.2. The maximum atomic E-state index is 12.7. The van der Waals surface area contributed by atoms with Gasteiger partial charge in [0.05, 0.1) is 18.1 Å². The summed E-state index contributed by atoms with van der Waals surface area (Å²) < 4.78 is 4.78. The van der Waals surface area contributed by atoms with Gasteiger partial charge in [0.1, 0.15) is 0 Å². The van der Waals surface area contributed by atoms with Crippen molar-refractivity contribution in [1.82, 2.24) is 15.0 Å². The van der Waals surface area contributed by atoms with Crippen LogP contribution in [0.2, 0.25) is 0 Å². The van der Waals surface area contributed by atoms with E-state index < -0.39 is 11.5 Å². The van der Waals surface area contributed by atoms with E-state index in [1.807, 2.05) is 26.8 Å². The number of thioether (sulfide) groups is 1. The van der Waals surface area contributed by atoms with Gasteiger partial charge >= 0.3 is 5.97 Å². The minimum absolute atomic E-state index is 0.0310. The van der Waals surface area contributed by atoms with Crippen molar-refractivity contribution in [2.24, 2.45) is 0 Å². The van der Waals surface area contributed by atoms with Gasteiger partial charge in [-0.25, -0.2) is 14.8 Å². The van der Waals surface area contributed by atoms with Gasteiger partial charge in [-0.15, -0.1) is 0 Å². The lowest BCUT2D eigenvalue weighted by Gasteiger charge is -2.15. The third-order valence-corrected chi connectivity index (χ3v) is 5.92. The molecule has 30 heavy (non-hydrogen) atoms. The monoisotopic (exact) mass is 425 g/mol. The molecule has 8 heteroatoms. The van der Waals surface area contributed by atoms with E-state index >= 15 is 0 Å². The van der Waals surface area contributed by atoms with E-state index in [0.29, 0.717) is 16.6 Å². The number of aromatic nitrogens is 3. The molecule has 1 N–H and O–H groups in total. The Morgan fingerprint density at radius 2 is 1.80 bits per heavy atom. The van der Waals surface area contributed by atoms with Crippen molar-refractivity contribution < 1.29 is 14.3 Å². The zero-order chi connectivity index (χ0) is 22.2. The Balaban J connectivity index is 2.03. The smallest absolute Gasteiger partial charge is 0.338 e. The van der Waals surface area contributed by atoms with Crippen LogP contribution in [-0.4, -0.2) is 33.8 Å². The van der Waals surface area contributed by atoms with Crippen LogP contribution in [0.25, 0.3) is 11.0 Å². The first-order valence-corrected chi connectivity index (χ1v) is 10.4. The van der Waals surface area contributed by atoms with E-state index in [4.69, 9.17) is 4.74 Å². The molecule has 0 radical (unpaired) electrons. The van der Waals surface area contributed by atoms with Gasteiger partial charge in [-0.05, 0) is 62.9 Å². The maximum absolute atomic E-state index is 12.7. The molecule has 0 aliphatic heterocycles. The summed E-state index contributed by atoms with van der Waals surface area (Å²) in [5, 5.41) is 0.503. The standard InChI is InChI=1S/C22H23N3O4S/c1-10-7-11(2)17(14(5)26)13(4)16(10)9-30-22-24-19-18(20(27)25-22)15(21(28)29-6)8-12(3)23-19/h7-8H,9H2,1-6H3,(H,23,24,25,27). The third-order valence-electron chi connectivity index (χ3n) is 5.03. The molecule has 0 saturated heterocycles. The number of nitrogens with zero attached hydrogens (tertiary/aromatic N) is 2. The topological polar surface area (TPSA) is 102 Å². The fourth-order valence-electron chi connectivity index (χ4n) is 3.72. The Bertz CT molecular complexity index is 1250. The van der Waals surface area contributed by atoms with Gasteiger partial charge in [-0.2, -0.15) is 0 Å². The van der Waals surface area contributed by atoms with E-state index in [0.717, 1.165) is 27.8 Å². The molecule has 3 aromatic rings. The highest BCUT2D eigenvalue weighted by molar-refractivity contribution is 7.98. The van der Waals surface area contributed by atoms with Crippen molar-refractivity contribution in [2.45, 2.75) is 45.5 Å². The molecule has 0 bridgehead atoms. The van der Waals surface area contributed by atoms with Crippen molar-refractivity contribution in [3.05, 3.63) is 61.6 Å². The largest absolute Gasteiger partial charge is 0.465 e. The number of Topliss-reactive ketones (excluding diaryl/α,β-unsaturated/α-hetero) is 1. The van der Waals surface area contributed by atoms with Gasteiger partial charge < -0.3 is 9.72 Å². The number of ketones is 1. The molecule has 7 nitrogen and oxygen atoms in total. The normalized spacial score (nSPS) is 11.0. The quantitative estimate of drug-likeness (QED) is 0.287. The third kappa shape index (κ3) is 4.00. The van der Waals surface area contributed by atoms with Gasteiger partial charge in [0.25, 0.3) is 5.56 Å². The summed E-state index contributed by atoms with van der Waals surface area (Å²) in [5.74, 6) is -0.0492. The molecule has 2 heterocycles. The van der Waals surface area contributed by atoms with Crippen LogP contribution >= 0.6 is 11.8 Å². The van der Waals surface area contributed by atoms with E-state index in [2.05, 4.69) is 15.0 Å². The fourth-order valence-corrected chi connectivity index (χ4v) is 4.76. The summed E-state index contributed by atoms with van der Waals surface area (Å²) >= 11 is 1.35. The number of methoxy groups -OCH3 is 1. The number of hydrogen-bond donors (Lipinski definition) is 1. The van der Waals surface area contributed by atoms with Crippen molar-refractivity contribution in [1.29, 1.82) is 0 Å². The number of ether oxygens (including phenoxy) is 1. The SMILES string of the molecule is COC(=O)c1cc(C)nc2nc(SCc3c(C)cc(C)c(C(C)=O)c3C)[nH]c(=O)c12. The Hall–Kier alpha value is -3.00. The van der Waals surface area contributed by atoms with E-state index in [9.17, 15) is 14.4 Å². The Morgan fingerprint density at radius 1 is 1.10 bits per heavy atom. The predicted molar refractivity (Wildman–Crippen MR) is 116 cm³/mol. The number of pyridine rings is 1. The zero-order valence-corrected chi connectivity index (χ0v) is 18.6. The number of benzene rings is 1. The first-order chi connectivity index (χ1) is 14.1. The minimum Gasteiger partial charge on any atom is -0.465 e. The van der Waals surface area contributed by atoms with Crippen molar-refractivity contribution in [2.75, 3.05) is 7.11 Å². The van der Waals surface area contributed by atoms with Crippen LogP contribution in [0.4, 0.5) is 0 Å². The van der Waals surface area contributed by atoms with Crippen LogP contribution in [0, 0.1) is 27.7 Å². The lowest BCUT2D eigenvalue weighted by atomic mass is 9.92. The average Bonchev–Trinajstić information content (AvgIpc) is 2.65. The number of carbonyl (C=O) groups excluding carboxylic acids is 2. The minimum atomic E-state index is -0.610. The number of nitrogens with one attached hydrogen (secondary N) is 1. The molecule has 3 rings (SSSR count). The number of esters is 1. The van der Waals surface area contributed by atoms with Crippen molar-refractivity contribution >= 4 is 34.5 Å². The maximum Gasteiger partial charge on any atom is 0.338 e. The molecule has 0 atom stereocenters. The summed E-state index contributed by atoms with van der Waals surface area (Å²) in [4.78, 5) is 48.3. The predicted octanol–water partition coefficient (Wildman–Crippen LogP) is 3.83. The van der Waals surface area contributed by atoms with Crippen LogP contribution in [0.5, 0.6) is 0 Å².